The van der Waals surface area contributed by atoms with Crippen molar-refractivity contribution in [2.24, 2.45) is 0 Å². The quantitative estimate of drug-likeness (QED) is 0.714. The molecular formula is C12H15ClFN. The summed E-state index contributed by atoms with van der Waals surface area (Å²) >= 11 is 5.72. The van der Waals surface area contributed by atoms with Crippen molar-refractivity contribution in [2.75, 3.05) is 11.9 Å². The summed E-state index contributed by atoms with van der Waals surface area (Å²) in [5, 5.41) is 0. The molecule has 0 atom stereocenters. The molecule has 1 saturated carbocycles. The average Bonchev–Trinajstić information content (AvgIpc) is 2.14. The van der Waals surface area contributed by atoms with Crippen molar-refractivity contribution in [1.82, 2.24) is 0 Å². The highest BCUT2D eigenvalue weighted by Gasteiger charge is 2.22. The van der Waals surface area contributed by atoms with Crippen LogP contribution in [-0.2, 0) is 5.88 Å². The minimum atomic E-state index is -0.200. The maximum Gasteiger partial charge on any atom is 0.125 e. The van der Waals surface area contributed by atoms with Gasteiger partial charge in [0.25, 0.3) is 0 Å². The molecule has 1 aliphatic rings. The molecule has 82 valence electrons. The van der Waals surface area contributed by atoms with Crippen LogP contribution in [0.15, 0.2) is 18.2 Å². The number of rotatable bonds is 3. The van der Waals surface area contributed by atoms with E-state index in [1.807, 2.05) is 13.1 Å². The molecule has 1 nitrogen and oxygen atoms in total. The zero-order valence-electron chi connectivity index (χ0n) is 8.84. The third-order valence-electron chi connectivity index (χ3n) is 3.13. The number of hydrogen-bond acceptors (Lipinski definition) is 1. The lowest BCUT2D eigenvalue weighted by atomic mass is 9.91. The van der Waals surface area contributed by atoms with Gasteiger partial charge in [0.1, 0.15) is 5.82 Å². The van der Waals surface area contributed by atoms with Crippen LogP contribution in [0.2, 0.25) is 0 Å². The van der Waals surface area contributed by atoms with Crippen LogP contribution >= 0.6 is 11.6 Å². The average molecular weight is 228 g/mol. The Balaban J connectivity index is 2.22. The van der Waals surface area contributed by atoms with Crippen LogP contribution in [0, 0.1) is 5.82 Å². The number of hydrogen-bond donors (Lipinski definition) is 0. The van der Waals surface area contributed by atoms with Gasteiger partial charge in [-0.1, -0.05) is 0 Å². The van der Waals surface area contributed by atoms with Crippen LogP contribution in [0.1, 0.15) is 24.8 Å². The lowest BCUT2D eigenvalue weighted by molar-refractivity contribution is 0.401. The van der Waals surface area contributed by atoms with Crippen molar-refractivity contribution in [3.05, 3.63) is 29.6 Å². The summed E-state index contributed by atoms with van der Waals surface area (Å²) in [7, 11) is 2.02. The molecular weight excluding hydrogens is 213 g/mol. The first-order valence-electron chi connectivity index (χ1n) is 5.29. The van der Waals surface area contributed by atoms with Crippen LogP contribution < -0.4 is 4.90 Å². The van der Waals surface area contributed by atoms with E-state index in [2.05, 4.69) is 4.90 Å². The number of alkyl halides is 1. The van der Waals surface area contributed by atoms with E-state index in [1.54, 1.807) is 6.07 Å². The van der Waals surface area contributed by atoms with Crippen molar-refractivity contribution in [2.45, 2.75) is 31.2 Å². The number of halogens is 2. The van der Waals surface area contributed by atoms with Gasteiger partial charge in [0.05, 0.1) is 0 Å². The molecule has 0 bridgehead atoms. The van der Waals surface area contributed by atoms with Gasteiger partial charge in [-0.05, 0) is 43.0 Å². The second-order valence-corrected chi connectivity index (χ2v) is 4.41. The Morgan fingerprint density at radius 3 is 2.67 bits per heavy atom. The highest BCUT2D eigenvalue weighted by atomic mass is 35.5. The zero-order valence-corrected chi connectivity index (χ0v) is 9.60. The van der Waals surface area contributed by atoms with E-state index < -0.39 is 0 Å². The third kappa shape index (κ3) is 2.25. The lowest BCUT2D eigenvalue weighted by Crippen LogP contribution is -2.37. The smallest absolute Gasteiger partial charge is 0.125 e. The van der Waals surface area contributed by atoms with Crippen molar-refractivity contribution >= 4 is 17.3 Å². The summed E-state index contributed by atoms with van der Waals surface area (Å²) in [6.45, 7) is 0. The highest BCUT2D eigenvalue weighted by molar-refractivity contribution is 6.17. The van der Waals surface area contributed by atoms with Gasteiger partial charge in [0.2, 0.25) is 0 Å². The highest BCUT2D eigenvalue weighted by Crippen LogP contribution is 2.29. The lowest BCUT2D eigenvalue weighted by Gasteiger charge is -2.36. The fourth-order valence-corrected chi connectivity index (χ4v) is 2.05. The molecule has 1 fully saturated rings. The van der Waals surface area contributed by atoms with Crippen molar-refractivity contribution in [3.8, 4) is 0 Å². The minimum Gasteiger partial charge on any atom is -0.372 e. The van der Waals surface area contributed by atoms with E-state index >= 15 is 0 Å². The van der Waals surface area contributed by atoms with E-state index in [-0.39, 0.29) is 5.82 Å². The molecule has 1 aromatic carbocycles. The third-order valence-corrected chi connectivity index (χ3v) is 3.43. The van der Waals surface area contributed by atoms with E-state index in [0.717, 1.165) is 11.3 Å². The fraction of sp³-hybridized carbons (Fsp3) is 0.500. The molecule has 0 N–H and O–H groups in total. The molecule has 0 aliphatic heterocycles. The first kappa shape index (κ1) is 10.7. The summed E-state index contributed by atoms with van der Waals surface area (Å²) < 4.78 is 13.3. The van der Waals surface area contributed by atoms with Crippen LogP contribution in [0.5, 0.6) is 0 Å². The SMILES string of the molecule is CN(c1cc(F)cc(CCl)c1)C1CCC1. The molecule has 3 heteroatoms. The molecule has 0 spiro atoms. The summed E-state index contributed by atoms with van der Waals surface area (Å²) in [5.41, 5.74) is 1.79. The Labute approximate surface area is 94.8 Å². The minimum absolute atomic E-state index is 0.200. The summed E-state index contributed by atoms with van der Waals surface area (Å²) in [4.78, 5) is 2.16. The normalized spacial score (nSPS) is 16.2. The molecule has 0 aromatic heterocycles. The molecule has 1 aromatic rings. The van der Waals surface area contributed by atoms with Crippen molar-refractivity contribution < 1.29 is 4.39 Å². The summed E-state index contributed by atoms with van der Waals surface area (Å²) in [5.74, 6) is 0.165. The predicted octanol–water partition coefficient (Wildman–Crippen LogP) is 3.55. The standard InChI is InChI=1S/C12H15ClFN/c1-15(11-3-2-4-11)12-6-9(8-13)5-10(14)7-12/h5-7,11H,2-4,8H2,1H3. The maximum atomic E-state index is 13.3. The van der Waals surface area contributed by atoms with E-state index in [4.69, 9.17) is 11.6 Å². The second-order valence-electron chi connectivity index (χ2n) is 4.15. The Morgan fingerprint density at radius 2 is 2.13 bits per heavy atom. The van der Waals surface area contributed by atoms with E-state index in [9.17, 15) is 4.39 Å². The summed E-state index contributed by atoms with van der Waals surface area (Å²) in [6.07, 6.45) is 3.71. The van der Waals surface area contributed by atoms with Crippen LogP contribution in [0.3, 0.4) is 0 Å². The predicted molar refractivity (Wildman–Crippen MR) is 62.0 cm³/mol. The van der Waals surface area contributed by atoms with Gasteiger partial charge < -0.3 is 4.90 Å². The van der Waals surface area contributed by atoms with Gasteiger partial charge in [-0.3, -0.25) is 0 Å². The maximum absolute atomic E-state index is 13.3. The number of nitrogens with zero attached hydrogens (tertiary/aromatic N) is 1. The van der Waals surface area contributed by atoms with Gasteiger partial charge in [-0.25, -0.2) is 4.39 Å². The van der Waals surface area contributed by atoms with Gasteiger partial charge >= 0.3 is 0 Å². The largest absolute Gasteiger partial charge is 0.372 e. The molecule has 0 radical (unpaired) electrons. The number of benzene rings is 1. The molecule has 0 heterocycles. The molecule has 0 saturated heterocycles. The van der Waals surface area contributed by atoms with Gasteiger partial charge in [-0.2, -0.15) is 0 Å². The topological polar surface area (TPSA) is 3.24 Å². The first-order chi connectivity index (χ1) is 7.20. The van der Waals surface area contributed by atoms with Crippen LogP contribution in [-0.4, -0.2) is 13.1 Å². The van der Waals surface area contributed by atoms with Crippen molar-refractivity contribution in [3.63, 3.8) is 0 Å². The molecule has 0 unspecified atom stereocenters. The fourth-order valence-electron chi connectivity index (χ4n) is 1.90. The van der Waals surface area contributed by atoms with E-state index in [1.165, 1.54) is 25.3 Å². The van der Waals surface area contributed by atoms with Crippen LogP contribution in [0.4, 0.5) is 10.1 Å². The van der Waals surface area contributed by atoms with Gasteiger partial charge in [-0.15, -0.1) is 11.6 Å². The Hall–Kier alpha value is -0.760. The van der Waals surface area contributed by atoms with Gasteiger partial charge in [0, 0.05) is 24.7 Å². The molecule has 0 amide bonds. The Bertz CT molecular complexity index is 349. The number of anilines is 1. The van der Waals surface area contributed by atoms with Crippen molar-refractivity contribution in [1.29, 1.82) is 0 Å². The molecule has 1 aliphatic carbocycles. The zero-order chi connectivity index (χ0) is 10.8. The second kappa shape index (κ2) is 4.40. The van der Waals surface area contributed by atoms with E-state index in [0.29, 0.717) is 11.9 Å². The monoisotopic (exact) mass is 227 g/mol. The van der Waals surface area contributed by atoms with Gasteiger partial charge in [0.15, 0.2) is 0 Å². The molecule has 15 heavy (non-hydrogen) atoms. The summed E-state index contributed by atoms with van der Waals surface area (Å²) in [6, 6.07) is 5.61. The first-order valence-corrected chi connectivity index (χ1v) is 5.82. The molecule has 2 rings (SSSR count). The van der Waals surface area contributed by atoms with Crippen LogP contribution in [0.25, 0.3) is 0 Å². The Morgan fingerprint density at radius 1 is 1.40 bits per heavy atom. The Kier molecular flexibility index (Phi) is 3.15.